The summed E-state index contributed by atoms with van der Waals surface area (Å²) in [6.45, 7) is 3.43. The van der Waals surface area contributed by atoms with Crippen LogP contribution in [-0.2, 0) is 4.79 Å². The van der Waals surface area contributed by atoms with E-state index < -0.39 is 0 Å². The highest BCUT2D eigenvalue weighted by Crippen LogP contribution is 2.21. The Bertz CT molecular complexity index is 538. The molecule has 0 aliphatic rings. The summed E-state index contributed by atoms with van der Waals surface area (Å²) in [4.78, 5) is 19.4. The van der Waals surface area contributed by atoms with E-state index in [1.807, 2.05) is 31.2 Å². The van der Waals surface area contributed by atoms with Crippen LogP contribution in [0.1, 0.15) is 12.5 Å². The summed E-state index contributed by atoms with van der Waals surface area (Å²) in [5.41, 5.74) is 2.88. The Labute approximate surface area is 99.7 Å². The van der Waals surface area contributed by atoms with Crippen LogP contribution in [0.3, 0.4) is 0 Å². The van der Waals surface area contributed by atoms with Crippen molar-refractivity contribution in [2.75, 3.05) is 5.32 Å². The van der Waals surface area contributed by atoms with Crippen LogP contribution >= 0.6 is 0 Å². The third kappa shape index (κ3) is 2.66. The molecule has 2 heterocycles. The van der Waals surface area contributed by atoms with Crippen LogP contribution in [-0.4, -0.2) is 15.9 Å². The van der Waals surface area contributed by atoms with E-state index in [2.05, 4.69) is 15.3 Å². The van der Waals surface area contributed by atoms with Crippen molar-refractivity contribution in [1.29, 1.82) is 0 Å². The van der Waals surface area contributed by atoms with Gasteiger partial charge in [0.2, 0.25) is 5.91 Å². The lowest BCUT2D eigenvalue weighted by Gasteiger charge is -2.07. The van der Waals surface area contributed by atoms with Crippen molar-refractivity contribution in [1.82, 2.24) is 9.97 Å². The normalized spacial score (nSPS) is 10.0. The first kappa shape index (κ1) is 11.3. The number of carbonyl (C=O) groups is 1. The van der Waals surface area contributed by atoms with Gasteiger partial charge >= 0.3 is 0 Å². The zero-order valence-corrected chi connectivity index (χ0v) is 9.77. The van der Waals surface area contributed by atoms with Gasteiger partial charge in [0.1, 0.15) is 5.82 Å². The number of nitrogens with zero attached hydrogens (tertiary/aromatic N) is 2. The molecule has 4 nitrogen and oxygen atoms in total. The number of nitrogens with one attached hydrogen (secondary N) is 1. The maximum atomic E-state index is 10.9. The maximum Gasteiger partial charge on any atom is 0.222 e. The van der Waals surface area contributed by atoms with Crippen molar-refractivity contribution in [3.63, 3.8) is 0 Å². The molecule has 0 aliphatic carbocycles. The average molecular weight is 227 g/mol. The molecular formula is C13H13N3O. The Morgan fingerprint density at radius 3 is 2.71 bits per heavy atom. The lowest BCUT2D eigenvalue weighted by Crippen LogP contribution is -2.07. The first-order chi connectivity index (χ1) is 8.16. The number of rotatable bonds is 2. The number of anilines is 1. The molecule has 2 aromatic heterocycles. The summed E-state index contributed by atoms with van der Waals surface area (Å²) in [6, 6.07) is 7.58. The molecule has 2 rings (SSSR count). The smallest absolute Gasteiger partial charge is 0.222 e. The molecule has 2 aromatic rings. The third-order valence-electron chi connectivity index (χ3n) is 2.36. The molecule has 4 heteroatoms. The molecular weight excluding hydrogens is 214 g/mol. The number of hydrogen-bond acceptors (Lipinski definition) is 3. The molecule has 0 spiro atoms. The molecule has 1 amide bonds. The molecule has 0 fully saturated rings. The van der Waals surface area contributed by atoms with E-state index in [-0.39, 0.29) is 5.91 Å². The van der Waals surface area contributed by atoms with Crippen LogP contribution in [0.2, 0.25) is 0 Å². The SMILES string of the molecule is CC(=O)Nc1cc(C)c(-c2ccccn2)cn1. The van der Waals surface area contributed by atoms with Gasteiger partial charge in [0.25, 0.3) is 0 Å². The minimum atomic E-state index is -0.123. The van der Waals surface area contributed by atoms with Gasteiger partial charge in [0, 0.05) is 24.9 Å². The van der Waals surface area contributed by atoms with Crippen LogP contribution in [0.25, 0.3) is 11.3 Å². The summed E-state index contributed by atoms with van der Waals surface area (Å²) in [5, 5.41) is 2.65. The fraction of sp³-hybridized carbons (Fsp3) is 0.154. The minimum Gasteiger partial charge on any atom is -0.311 e. The van der Waals surface area contributed by atoms with Gasteiger partial charge in [-0.1, -0.05) is 6.07 Å². The average Bonchev–Trinajstić information content (AvgIpc) is 2.29. The van der Waals surface area contributed by atoms with Crippen LogP contribution in [0, 0.1) is 6.92 Å². The van der Waals surface area contributed by atoms with Gasteiger partial charge in [-0.15, -0.1) is 0 Å². The van der Waals surface area contributed by atoms with Crippen LogP contribution in [0.5, 0.6) is 0 Å². The summed E-state index contributed by atoms with van der Waals surface area (Å²) in [5.74, 6) is 0.442. The highest BCUT2D eigenvalue weighted by atomic mass is 16.1. The molecule has 1 N–H and O–H groups in total. The van der Waals surface area contributed by atoms with Gasteiger partial charge in [-0.05, 0) is 30.7 Å². The molecule has 17 heavy (non-hydrogen) atoms. The Hall–Kier alpha value is -2.23. The number of hydrogen-bond donors (Lipinski definition) is 1. The second-order valence-corrected chi connectivity index (χ2v) is 3.78. The highest BCUT2D eigenvalue weighted by Gasteiger charge is 2.05. The Morgan fingerprint density at radius 1 is 1.29 bits per heavy atom. The largest absolute Gasteiger partial charge is 0.311 e. The first-order valence-electron chi connectivity index (χ1n) is 5.32. The maximum absolute atomic E-state index is 10.9. The standard InChI is InChI=1S/C13H13N3O/c1-9-7-13(16-10(2)17)15-8-11(9)12-5-3-4-6-14-12/h3-8H,1-2H3,(H,15,16,17). The highest BCUT2D eigenvalue weighted by molar-refractivity contribution is 5.87. The number of carbonyl (C=O) groups excluding carboxylic acids is 1. The molecule has 0 radical (unpaired) electrons. The second-order valence-electron chi connectivity index (χ2n) is 3.78. The van der Waals surface area contributed by atoms with Crippen molar-refractivity contribution in [3.05, 3.63) is 42.2 Å². The molecule has 0 aromatic carbocycles. The summed E-state index contributed by atoms with van der Waals surface area (Å²) in [7, 11) is 0. The zero-order chi connectivity index (χ0) is 12.3. The Balaban J connectivity index is 2.35. The van der Waals surface area contributed by atoms with E-state index >= 15 is 0 Å². The number of aryl methyl sites for hydroxylation is 1. The van der Waals surface area contributed by atoms with E-state index in [4.69, 9.17) is 0 Å². The number of pyridine rings is 2. The molecule has 0 saturated heterocycles. The van der Waals surface area contributed by atoms with Crippen molar-refractivity contribution in [2.45, 2.75) is 13.8 Å². The van der Waals surface area contributed by atoms with Gasteiger partial charge in [-0.2, -0.15) is 0 Å². The van der Waals surface area contributed by atoms with E-state index in [0.717, 1.165) is 16.8 Å². The van der Waals surface area contributed by atoms with Gasteiger partial charge in [0.05, 0.1) is 5.69 Å². The summed E-state index contributed by atoms with van der Waals surface area (Å²) in [6.07, 6.45) is 3.47. The van der Waals surface area contributed by atoms with Gasteiger partial charge in [-0.3, -0.25) is 9.78 Å². The van der Waals surface area contributed by atoms with E-state index in [9.17, 15) is 4.79 Å². The molecule has 0 saturated carbocycles. The number of amides is 1. The van der Waals surface area contributed by atoms with E-state index in [1.54, 1.807) is 12.4 Å². The van der Waals surface area contributed by atoms with Crippen LogP contribution in [0.4, 0.5) is 5.82 Å². The van der Waals surface area contributed by atoms with Crippen LogP contribution in [0.15, 0.2) is 36.7 Å². The summed E-state index contributed by atoms with van der Waals surface area (Å²) >= 11 is 0. The summed E-state index contributed by atoms with van der Waals surface area (Å²) < 4.78 is 0. The fourth-order valence-corrected chi connectivity index (χ4v) is 1.59. The molecule has 86 valence electrons. The molecule has 0 bridgehead atoms. The molecule has 0 unspecified atom stereocenters. The molecule has 0 atom stereocenters. The minimum absolute atomic E-state index is 0.123. The second kappa shape index (κ2) is 4.74. The van der Waals surface area contributed by atoms with Crippen molar-refractivity contribution < 1.29 is 4.79 Å². The molecule has 0 aliphatic heterocycles. The lowest BCUT2D eigenvalue weighted by molar-refractivity contribution is -0.114. The topological polar surface area (TPSA) is 54.9 Å². The van der Waals surface area contributed by atoms with E-state index in [0.29, 0.717) is 5.82 Å². The van der Waals surface area contributed by atoms with Crippen LogP contribution < -0.4 is 5.32 Å². The van der Waals surface area contributed by atoms with Crippen molar-refractivity contribution >= 4 is 11.7 Å². The zero-order valence-electron chi connectivity index (χ0n) is 9.77. The third-order valence-corrected chi connectivity index (χ3v) is 2.36. The predicted octanol–water partition coefficient (Wildman–Crippen LogP) is 2.41. The fourth-order valence-electron chi connectivity index (χ4n) is 1.59. The van der Waals surface area contributed by atoms with Gasteiger partial charge < -0.3 is 5.32 Å². The predicted molar refractivity (Wildman–Crippen MR) is 66.5 cm³/mol. The first-order valence-corrected chi connectivity index (χ1v) is 5.32. The van der Waals surface area contributed by atoms with E-state index in [1.165, 1.54) is 6.92 Å². The Morgan fingerprint density at radius 2 is 2.12 bits per heavy atom. The lowest BCUT2D eigenvalue weighted by atomic mass is 10.1. The Kier molecular flexibility index (Phi) is 3.14. The van der Waals surface area contributed by atoms with Crippen molar-refractivity contribution in [2.24, 2.45) is 0 Å². The van der Waals surface area contributed by atoms with Gasteiger partial charge in [-0.25, -0.2) is 4.98 Å². The van der Waals surface area contributed by atoms with Crippen molar-refractivity contribution in [3.8, 4) is 11.3 Å². The number of aromatic nitrogens is 2. The quantitative estimate of drug-likeness (QED) is 0.857. The monoisotopic (exact) mass is 227 g/mol. The van der Waals surface area contributed by atoms with Gasteiger partial charge in [0.15, 0.2) is 0 Å².